The van der Waals surface area contributed by atoms with Gasteiger partial charge in [-0.05, 0) is 12.8 Å². The van der Waals surface area contributed by atoms with Crippen LogP contribution in [0.3, 0.4) is 0 Å². The van der Waals surface area contributed by atoms with Crippen LogP contribution in [-0.4, -0.2) is 0 Å². The van der Waals surface area contributed by atoms with Crippen LogP contribution in [0.25, 0.3) is 0 Å². The zero-order valence-electron chi connectivity index (χ0n) is 13.8. The van der Waals surface area contributed by atoms with Crippen molar-refractivity contribution >= 4 is 0 Å². The molecule has 0 atom stereocenters. The van der Waals surface area contributed by atoms with Crippen LogP contribution in [0.4, 0.5) is 0 Å². The van der Waals surface area contributed by atoms with Crippen LogP contribution >= 0.6 is 0 Å². The molecule has 0 radical (unpaired) electrons. The predicted molar refractivity (Wildman–Crippen MR) is 92.8 cm³/mol. The third kappa shape index (κ3) is 15.8. The van der Waals surface area contributed by atoms with E-state index in [1.54, 1.807) is 0 Å². The number of unbranched alkanes of at least 4 members (excludes halogenated alkanes) is 4. The van der Waals surface area contributed by atoms with Crippen LogP contribution in [0, 0.1) is 27.0 Å². The number of hydrogen-bond acceptors (Lipinski definition) is 0. The standard InChI is InChI=1S/C13H19.C5H5.2CH3.Hf/c1-2-3-4-5-6-7-10-13-11-8-9-12-13;1-2-4-5-3-1;;;/h2,8,11H,1,3-7,9-10H2;1-3H,4H2;2*1H3;/q4*-1;+4. The second-order valence-electron chi connectivity index (χ2n) is 4.55. The maximum absolute atomic E-state index is 3.72. The maximum Gasteiger partial charge on any atom is 4.00 e. The Morgan fingerprint density at radius 2 is 1.81 bits per heavy atom. The van der Waals surface area contributed by atoms with E-state index in [0.717, 1.165) is 12.8 Å². The molecule has 0 unspecified atom stereocenters. The van der Waals surface area contributed by atoms with Gasteiger partial charge in [-0.25, -0.2) is 23.8 Å². The monoisotopic (exact) mass is 450 g/mol. The summed E-state index contributed by atoms with van der Waals surface area (Å²) in [6.45, 7) is 3.72. The van der Waals surface area contributed by atoms with Gasteiger partial charge in [0.2, 0.25) is 0 Å². The van der Waals surface area contributed by atoms with Crippen LogP contribution in [-0.2, 0) is 25.8 Å². The van der Waals surface area contributed by atoms with E-state index in [1.807, 2.05) is 18.2 Å². The number of hydrogen-bond donors (Lipinski definition) is 0. The molecule has 0 aromatic heterocycles. The van der Waals surface area contributed by atoms with Crippen molar-refractivity contribution in [2.45, 2.75) is 51.4 Å². The normalized spacial score (nSPS) is 13.2. The second kappa shape index (κ2) is 19.6. The molecule has 0 N–H and O–H groups in total. The van der Waals surface area contributed by atoms with E-state index >= 15 is 0 Å². The van der Waals surface area contributed by atoms with Gasteiger partial charge in [0.1, 0.15) is 0 Å². The van der Waals surface area contributed by atoms with Gasteiger partial charge in [0, 0.05) is 0 Å². The average molecular weight is 449 g/mol. The van der Waals surface area contributed by atoms with Crippen molar-refractivity contribution in [3.8, 4) is 0 Å². The SMILES string of the molecule is C=CCCCCCCC1=[C-]CC=C1.[C-]1=CC=CC1.[CH3-].[CH3-].[Hf+4]. The zero-order chi connectivity index (χ0) is 12.9. The Kier molecular flexibility index (Phi) is 23.8. The van der Waals surface area contributed by atoms with Gasteiger partial charge < -0.3 is 14.9 Å². The van der Waals surface area contributed by atoms with E-state index in [9.17, 15) is 0 Å². The molecule has 0 nitrogen and oxygen atoms in total. The minimum Gasteiger partial charge on any atom is -0.358 e. The van der Waals surface area contributed by atoms with Gasteiger partial charge in [0.05, 0.1) is 0 Å². The summed E-state index contributed by atoms with van der Waals surface area (Å²) in [4.78, 5) is 0. The van der Waals surface area contributed by atoms with Gasteiger partial charge in [-0.1, -0.05) is 31.8 Å². The Morgan fingerprint density at radius 3 is 2.29 bits per heavy atom. The molecule has 0 fully saturated rings. The van der Waals surface area contributed by atoms with E-state index in [4.69, 9.17) is 0 Å². The van der Waals surface area contributed by atoms with Crippen molar-refractivity contribution in [2.24, 2.45) is 0 Å². The summed E-state index contributed by atoms with van der Waals surface area (Å²) in [5.74, 6) is 0. The number of allylic oxidation sites excluding steroid dienone is 9. The fourth-order valence-corrected chi connectivity index (χ4v) is 1.92. The molecule has 21 heavy (non-hydrogen) atoms. The summed E-state index contributed by atoms with van der Waals surface area (Å²) in [5, 5.41) is 0. The molecule has 0 aromatic carbocycles. The number of rotatable bonds is 7. The van der Waals surface area contributed by atoms with Gasteiger partial charge in [-0.2, -0.15) is 12.2 Å². The molecule has 0 aromatic rings. The molecule has 2 aliphatic carbocycles. The third-order valence-corrected chi connectivity index (χ3v) is 2.96. The van der Waals surface area contributed by atoms with Gasteiger partial charge in [-0.15, -0.1) is 19.4 Å². The van der Waals surface area contributed by atoms with Crippen LogP contribution in [0.15, 0.2) is 48.6 Å². The van der Waals surface area contributed by atoms with E-state index in [-0.39, 0.29) is 40.7 Å². The van der Waals surface area contributed by atoms with Crippen molar-refractivity contribution in [1.82, 2.24) is 0 Å². The van der Waals surface area contributed by atoms with Crippen molar-refractivity contribution in [3.05, 3.63) is 75.6 Å². The van der Waals surface area contributed by atoms with Crippen LogP contribution < -0.4 is 0 Å². The minimum atomic E-state index is 0. The van der Waals surface area contributed by atoms with Crippen molar-refractivity contribution in [3.63, 3.8) is 0 Å². The smallest absolute Gasteiger partial charge is 0.358 e. The molecule has 0 saturated carbocycles. The Bertz CT molecular complexity index is 322. The minimum absolute atomic E-state index is 0. The summed E-state index contributed by atoms with van der Waals surface area (Å²) in [7, 11) is 0. The average Bonchev–Trinajstić information content (AvgIpc) is 3.07. The molecule has 1 heteroatoms. The molecular formula is C20H30Hf. The van der Waals surface area contributed by atoms with Crippen molar-refractivity contribution in [2.75, 3.05) is 0 Å². The first-order valence-electron chi connectivity index (χ1n) is 7.02. The molecule has 0 bridgehead atoms. The molecular weight excluding hydrogens is 419 g/mol. The van der Waals surface area contributed by atoms with Crippen LogP contribution in [0.5, 0.6) is 0 Å². The summed E-state index contributed by atoms with van der Waals surface area (Å²) in [5.41, 5.74) is 1.42. The van der Waals surface area contributed by atoms with Gasteiger partial charge in [0.15, 0.2) is 0 Å². The van der Waals surface area contributed by atoms with Crippen LogP contribution in [0.1, 0.15) is 51.4 Å². The Balaban J connectivity index is -0.000000349. The molecule has 2 aliphatic rings. The van der Waals surface area contributed by atoms with Gasteiger partial charge in [0.25, 0.3) is 0 Å². The van der Waals surface area contributed by atoms with Crippen LogP contribution in [0.2, 0.25) is 0 Å². The Morgan fingerprint density at radius 1 is 1.05 bits per heavy atom. The molecule has 0 spiro atoms. The van der Waals surface area contributed by atoms with E-state index in [2.05, 4.69) is 37.0 Å². The summed E-state index contributed by atoms with van der Waals surface area (Å²) in [6, 6.07) is 0. The van der Waals surface area contributed by atoms with E-state index in [1.165, 1.54) is 44.1 Å². The zero-order valence-corrected chi connectivity index (χ0v) is 17.4. The Labute approximate surface area is 152 Å². The topological polar surface area (TPSA) is 0 Å². The molecule has 2 rings (SSSR count). The quantitative estimate of drug-likeness (QED) is 0.183. The van der Waals surface area contributed by atoms with Crippen molar-refractivity contribution < 1.29 is 25.8 Å². The first-order valence-corrected chi connectivity index (χ1v) is 7.02. The Hall–Kier alpha value is -0.430. The summed E-state index contributed by atoms with van der Waals surface area (Å²) >= 11 is 0. The second-order valence-corrected chi connectivity index (χ2v) is 4.55. The summed E-state index contributed by atoms with van der Waals surface area (Å²) in [6.07, 6.45) is 28.5. The molecule has 114 valence electrons. The van der Waals surface area contributed by atoms with E-state index < -0.39 is 0 Å². The fourth-order valence-electron chi connectivity index (χ4n) is 1.92. The molecule has 0 amide bonds. The first kappa shape index (κ1) is 25.5. The molecule has 0 saturated heterocycles. The van der Waals surface area contributed by atoms with Crippen molar-refractivity contribution in [1.29, 1.82) is 0 Å². The summed E-state index contributed by atoms with van der Waals surface area (Å²) < 4.78 is 0. The fraction of sp³-hybridized carbons (Fsp3) is 0.400. The molecule has 0 aliphatic heterocycles. The molecule has 0 heterocycles. The van der Waals surface area contributed by atoms with E-state index in [0.29, 0.717) is 0 Å². The predicted octanol–water partition coefficient (Wildman–Crippen LogP) is 6.41. The first-order chi connectivity index (χ1) is 8.93. The van der Waals surface area contributed by atoms with Gasteiger partial charge >= 0.3 is 25.8 Å². The largest absolute Gasteiger partial charge is 4.00 e. The third-order valence-electron chi connectivity index (χ3n) is 2.96. The maximum atomic E-state index is 3.72. The van der Waals surface area contributed by atoms with Gasteiger partial charge in [-0.3, -0.25) is 12.2 Å².